The van der Waals surface area contributed by atoms with Gasteiger partial charge in [0.25, 0.3) is 5.69 Å². The largest absolute Gasteiger partial charge is 0.497 e. The first-order chi connectivity index (χ1) is 10.1. The van der Waals surface area contributed by atoms with Crippen LogP contribution in [0.15, 0.2) is 48.5 Å². The molecule has 0 aromatic heterocycles. The Morgan fingerprint density at radius 3 is 1.90 bits per heavy atom. The summed E-state index contributed by atoms with van der Waals surface area (Å²) in [5.41, 5.74) is 1.04. The molecule has 0 unspecified atom stereocenters. The summed E-state index contributed by atoms with van der Waals surface area (Å²) in [5, 5.41) is 15.7. The van der Waals surface area contributed by atoms with Crippen LogP contribution in [0.2, 0.25) is 0 Å². The van der Waals surface area contributed by atoms with E-state index >= 15 is 0 Å². The van der Waals surface area contributed by atoms with Crippen molar-refractivity contribution in [2.24, 2.45) is 0 Å². The molecule has 0 saturated carbocycles. The minimum atomic E-state index is -0.499. The molecule has 21 heavy (non-hydrogen) atoms. The van der Waals surface area contributed by atoms with Crippen molar-refractivity contribution in [2.45, 2.75) is 0 Å². The van der Waals surface area contributed by atoms with Gasteiger partial charge in [-0.2, -0.15) is 0 Å². The van der Waals surface area contributed by atoms with Gasteiger partial charge in [-0.1, -0.05) is 0 Å². The van der Waals surface area contributed by atoms with Crippen LogP contribution in [0.25, 0.3) is 0 Å². The summed E-state index contributed by atoms with van der Waals surface area (Å²) >= 11 is 0. The highest BCUT2D eigenvalue weighted by Crippen LogP contribution is 2.17. The van der Waals surface area contributed by atoms with E-state index in [9.17, 15) is 14.9 Å². The highest BCUT2D eigenvalue weighted by Gasteiger charge is 2.06. The average molecular weight is 287 g/mol. The molecule has 2 N–H and O–H groups in total. The molecule has 0 heterocycles. The number of hydrogen-bond donors (Lipinski definition) is 2. The number of anilines is 2. The van der Waals surface area contributed by atoms with Gasteiger partial charge in [0.1, 0.15) is 5.75 Å². The van der Waals surface area contributed by atoms with Gasteiger partial charge in [-0.3, -0.25) is 10.1 Å². The van der Waals surface area contributed by atoms with Crippen molar-refractivity contribution in [3.05, 3.63) is 58.6 Å². The lowest BCUT2D eigenvalue weighted by atomic mass is 10.3. The molecular weight excluding hydrogens is 274 g/mol. The van der Waals surface area contributed by atoms with Crippen molar-refractivity contribution < 1.29 is 14.5 Å². The van der Waals surface area contributed by atoms with E-state index in [1.165, 1.54) is 24.3 Å². The molecule has 108 valence electrons. The molecule has 0 aliphatic heterocycles. The van der Waals surface area contributed by atoms with Gasteiger partial charge in [0.2, 0.25) is 0 Å². The zero-order valence-electron chi connectivity index (χ0n) is 11.2. The molecule has 0 aliphatic rings. The van der Waals surface area contributed by atoms with E-state index in [2.05, 4.69) is 10.6 Å². The number of benzene rings is 2. The summed E-state index contributed by atoms with van der Waals surface area (Å²) in [4.78, 5) is 21.8. The minimum Gasteiger partial charge on any atom is -0.497 e. The molecule has 0 radical (unpaired) electrons. The first-order valence-electron chi connectivity index (χ1n) is 6.05. The first-order valence-corrected chi connectivity index (χ1v) is 6.05. The summed E-state index contributed by atoms with van der Waals surface area (Å²) in [6, 6.07) is 12.0. The number of carbonyl (C=O) groups is 1. The van der Waals surface area contributed by atoms with E-state index < -0.39 is 11.0 Å². The summed E-state index contributed by atoms with van der Waals surface area (Å²) in [5.74, 6) is 0.691. The molecule has 2 aromatic carbocycles. The monoisotopic (exact) mass is 287 g/mol. The number of rotatable bonds is 4. The van der Waals surface area contributed by atoms with E-state index in [1.807, 2.05) is 0 Å². The van der Waals surface area contributed by atoms with E-state index in [4.69, 9.17) is 4.74 Å². The number of methoxy groups -OCH3 is 1. The van der Waals surface area contributed by atoms with Crippen LogP contribution in [0, 0.1) is 10.1 Å². The maximum absolute atomic E-state index is 11.8. The van der Waals surface area contributed by atoms with E-state index in [-0.39, 0.29) is 5.69 Å². The Bertz CT molecular complexity index is 638. The van der Waals surface area contributed by atoms with Gasteiger partial charge in [-0.25, -0.2) is 4.79 Å². The molecule has 0 aliphatic carbocycles. The molecule has 7 heteroatoms. The second-order valence-electron chi connectivity index (χ2n) is 4.11. The van der Waals surface area contributed by atoms with Gasteiger partial charge >= 0.3 is 6.03 Å². The number of nitrogens with zero attached hydrogens (tertiary/aromatic N) is 1. The third kappa shape index (κ3) is 3.93. The van der Waals surface area contributed by atoms with Gasteiger partial charge in [0.05, 0.1) is 12.0 Å². The Labute approximate surface area is 120 Å². The van der Waals surface area contributed by atoms with E-state index in [0.29, 0.717) is 17.1 Å². The number of amides is 2. The molecule has 0 fully saturated rings. The highest BCUT2D eigenvalue weighted by molar-refractivity contribution is 5.99. The van der Waals surface area contributed by atoms with Crippen molar-refractivity contribution in [3.63, 3.8) is 0 Å². The average Bonchev–Trinajstić information content (AvgIpc) is 2.48. The fourth-order valence-corrected chi connectivity index (χ4v) is 1.63. The maximum atomic E-state index is 11.8. The lowest BCUT2D eigenvalue weighted by Crippen LogP contribution is -2.19. The second-order valence-corrected chi connectivity index (χ2v) is 4.11. The van der Waals surface area contributed by atoms with Crippen LogP contribution in [0.1, 0.15) is 0 Å². The highest BCUT2D eigenvalue weighted by atomic mass is 16.6. The van der Waals surface area contributed by atoms with Crippen molar-refractivity contribution in [1.29, 1.82) is 0 Å². The number of hydrogen-bond acceptors (Lipinski definition) is 4. The van der Waals surface area contributed by atoms with Gasteiger partial charge in [-0.05, 0) is 36.4 Å². The number of carbonyl (C=O) groups excluding carboxylic acids is 1. The van der Waals surface area contributed by atoms with Crippen LogP contribution in [-0.2, 0) is 0 Å². The van der Waals surface area contributed by atoms with Crippen LogP contribution in [-0.4, -0.2) is 18.1 Å². The van der Waals surface area contributed by atoms with Crippen molar-refractivity contribution in [1.82, 2.24) is 0 Å². The fourth-order valence-electron chi connectivity index (χ4n) is 1.63. The third-order valence-corrected chi connectivity index (χ3v) is 2.68. The molecule has 0 saturated heterocycles. The van der Waals surface area contributed by atoms with Crippen LogP contribution in [0.4, 0.5) is 21.9 Å². The third-order valence-electron chi connectivity index (χ3n) is 2.68. The Kier molecular flexibility index (Phi) is 4.35. The van der Waals surface area contributed by atoms with Gasteiger partial charge < -0.3 is 15.4 Å². The molecule has 2 amide bonds. The normalized spacial score (nSPS) is 9.76. The predicted octanol–water partition coefficient (Wildman–Crippen LogP) is 3.25. The Hall–Kier alpha value is -3.09. The van der Waals surface area contributed by atoms with Crippen LogP contribution in [0.3, 0.4) is 0 Å². The number of urea groups is 1. The van der Waals surface area contributed by atoms with E-state index in [1.54, 1.807) is 31.4 Å². The van der Waals surface area contributed by atoms with Gasteiger partial charge in [0.15, 0.2) is 0 Å². The molecular formula is C14H13N3O4. The molecule has 0 atom stereocenters. The Morgan fingerprint density at radius 1 is 1.00 bits per heavy atom. The molecule has 7 nitrogen and oxygen atoms in total. The topological polar surface area (TPSA) is 93.5 Å². The van der Waals surface area contributed by atoms with Crippen molar-refractivity contribution in [3.8, 4) is 5.75 Å². The quantitative estimate of drug-likeness (QED) is 0.666. The molecule has 2 rings (SSSR count). The number of nitro benzene ring substituents is 1. The number of non-ortho nitro benzene ring substituents is 1. The lowest BCUT2D eigenvalue weighted by molar-refractivity contribution is -0.384. The standard InChI is InChI=1S/C14H13N3O4/c1-21-13-8-4-11(5-9-13)16-14(18)15-10-2-6-12(7-3-10)17(19)20/h2-9H,1H3,(H2,15,16,18). The van der Waals surface area contributed by atoms with Crippen molar-refractivity contribution >= 4 is 23.1 Å². The summed E-state index contributed by atoms with van der Waals surface area (Å²) in [6.07, 6.45) is 0. The zero-order valence-corrected chi connectivity index (χ0v) is 11.2. The van der Waals surface area contributed by atoms with Crippen LogP contribution in [0.5, 0.6) is 5.75 Å². The van der Waals surface area contributed by atoms with Gasteiger partial charge in [0, 0.05) is 23.5 Å². The Balaban J connectivity index is 1.95. The Morgan fingerprint density at radius 2 is 1.48 bits per heavy atom. The summed E-state index contributed by atoms with van der Waals surface area (Å²) in [7, 11) is 1.56. The zero-order chi connectivity index (χ0) is 15.2. The maximum Gasteiger partial charge on any atom is 0.323 e. The predicted molar refractivity (Wildman–Crippen MR) is 78.7 cm³/mol. The summed E-state index contributed by atoms with van der Waals surface area (Å²) < 4.78 is 5.02. The van der Waals surface area contributed by atoms with Crippen molar-refractivity contribution in [2.75, 3.05) is 17.7 Å². The second kappa shape index (κ2) is 6.38. The van der Waals surface area contributed by atoms with Gasteiger partial charge in [-0.15, -0.1) is 0 Å². The van der Waals surface area contributed by atoms with E-state index in [0.717, 1.165) is 0 Å². The SMILES string of the molecule is COc1ccc(NC(=O)Nc2ccc([N+](=O)[O-])cc2)cc1. The fraction of sp³-hybridized carbons (Fsp3) is 0.0714. The molecule has 0 bridgehead atoms. The molecule has 2 aromatic rings. The smallest absolute Gasteiger partial charge is 0.323 e. The minimum absolute atomic E-state index is 0.0314. The van der Waals surface area contributed by atoms with Crippen LogP contribution >= 0.6 is 0 Å². The number of ether oxygens (including phenoxy) is 1. The summed E-state index contributed by atoms with van der Waals surface area (Å²) in [6.45, 7) is 0. The first kappa shape index (κ1) is 14.3. The molecule has 0 spiro atoms. The number of nitro groups is 1. The number of nitrogens with one attached hydrogen (secondary N) is 2. The lowest BCUT2D eigenvalue weighted by Gasteiger charge is -2.08. The van der Waals surface area contributed by atoms with Crippen LogP contribution < -0.4 is 15.4 Å².